The number of aromatic nitrogens is 5. The maximum atomic E-state index is 14.2. The van der Waals surface area contributed by atoms with Gasteiger partial charge >= 0.3 is 6.18 Å². The summed E-state index contributed by atoms with van der Waals surface area (Å²) in [5.74, 6) is 0.121. The van der Waals surface area contributed by atoms with Crippen LogP contribution in [0, 0.1) is 0 Å². The van der Waals surface area contributed by atoms with E-state index in [9.17, 15) is 22.8 Å². The number of ether oxygens (including phenoxy) is 1. The molecule has 6 rings (SSSR count). The molecule has 224 valence electrons. The molecule has 1 aliphatic heterocycles. The van der Waals surface area contributed by atoms with Gasteiger partial charge in [-0.05, 0) is 38.1 Å². The second kappa shape index (κ2) is 10.4. The molecule has 1 aromatic carbocycles. The van der Waals surface area contributed by atoms with Crippen LogP contribution >= 0.6 is 34.5 Å². The molecule has 43 heavy (non-hydrogen) atoms. The molecule has 0 radical (unpaired) electrons. The summed E-state index contributed by atoms with van der Waals surface area (Å²) in [5, 5.41) is 4.64. The minimum absolute atomic E-state index is 0.0838. The van der Waals surface area contributed by atoms with Crippen LogP contribution in [-0.4, -0.2) is 43.1 Å². The Hall–Kier alpha value is -3.81. The fourth-order valence-electron chi connectivity index (χ4n) is 5.49. The number of alkyl halides is 3. The molecule has 0 fully saturated rings. The van der Waals surface area contributed by atoms with E-state index in [1.54, 1.807) is 25.2 Å². The Morgan fingerprint density at radius 2 is 1.88 bits per heavy atom. The monoisotopic (exact) mass is 650 g/mol. The molecule has 0 saturated heterocycles. The second-order valence-electron chi connectivity index (χ2n) is 10.3. The number of rotatable bonds is 6. The summed E-state index contributed by atoms with van der Waals surface area (Å²) in [7, 11) is 2.95. The topological polar surface area (TPSA) is 87.2 Å². The van der Waals surface area contributed by atoms with Gasteiger partial charge in [-0.1, -0.05) is 23.2 Å². The maximum Gasteiger partial charge on any atom is 0.408 e. The van der Waals surface area contributed by atoms with Crippen LogP contribution in [0.2, 0.25) is 9.36 Å². The van der Waals surface area contributed by atoms with Crippen LogP contribution in [0.15, 0.2) is 47.5 Å². The van der Waals surface area contributed by atoms with E-state index in [2.05, 4.69) is 5.10 Å². The first-order chi connectivity index (χ1) is 20.3. The third-order valence-corrected chi connectivity index (χ3v) is 8.68. The summed E-state index contributed by atoms with van der Waals surface area (Å²) < 4.78 is 49.7. The molecular weight excluding hydrogens is 628 g/mol. The molecule has 1 aliphatic rings. The van der Waals surface area contributed by atoms with Crippen LogP contribution < -0.4 is 15.2 Å². The summed E-state index contributed by atoms with van der Waals surface area (Å²) in [6.45, 7) is 2.58. The Morgan fingerprint density at radius 1 is 1.14 bits per heavy atom. The van der Waals surface area contributed by atoms with Crippen LogP contribution in [0.4, 0.5) is 18.9 Å². The zero-order chi connectivity index (χ0) is 31.0. The highest BCUT2D eigenvalue weighted by Crippen LogP contribution is 2.47. The van der Waals surface area contributed by atoms with Crippen molar-refractivity contribution in [3.05, 3.63) is 78.7 Å². The van der Waals surface area contributed by atoms with Crippen LogP contribution in [0.5, 0.6) is 5.75 Å². The Balaban J connectivity index is 1.59. The number of aryl methyl sites for hydroxylation is 1. The predicted molar refractivity (Wildman–Crippen MR) is 159 cm³/mol. The van der Waals surface area contributed by atoms with E-state index >= 15 is 0 Å². The number of anilines is 1. The molecule has 4 aromatic heterocycles. The molecule has 0 bridgehead atoms. The quantitative estimate of drug-likeness (QED) is 0.200. The van der Waals surface area contributed by atoms with Gasteiger partial charge in [-0.25, -0.2) is 4.98 Å². The number of halogens is 5. The molecule has 0 unspecified atom stereocenters. The fourth-order valence-corrected chi connectivity index (χ4v) is 6.89. The van der Waals surface area contributed by atoms with Crippen molar-refractivity contribution >= 4 is 57.0 Å². The van der Waals surface area contributed by atoms with Gasteiger partial charge in [0.1, 0.15) is 29.8 Å². The van der Waals surface area contributed by atoms with Crippen molar-refractivity contribution < 1.29 is 22.7 Å². The highest BCUT2D eigenvalue weighted by Gasteiger charge is 2.46. The molecule has 9 nitrogen and oxygen atoms in total. The minimum Gasteiger partial charge on any atom is -0.496 e. The average molecular weight is 651 g/mol. The standard InChI is InChI=1S/C28H23Cl2F3N6O3S/c1-13(2)38-24-22(35-25(38)16-7-14-10-34-37(12-28(31,32)33)17(14)9-19(16)42-4)27(41)39(23(24)20-5-6-21(30)43-20)18-8-15(29)11-36(3)26(18)40/h5-11,13,23H,12H2,1-4H3/t23-/m1/s1. The molecule has 0 N–H and O–H groups in total. The van der Waals surface area contributed by atoms with Crippen LogP contribution in [0.3, 0.4) is 0 Å². The summed E-state index contributed by atoms with van der Waals surface area (Å²) in [5.41, 5.74) is 1.01. The zero-order valence-electron chi connectivity index (χ0n) is 23.1. The lowest BCUT2D eigenvalue weighted by molar-refractivity contribution is -0.141. The number of methoxy groups -OCH3 is 1. The highest BCUT2D eigenvalue weighted by atomic mass is 35.5. The Labute approximate surface area is 256 Å². The van der Waals surface area contributed by atoms with Gasteiger partial charge in [-0.2, -0.15) is 18.3 Å². The Kier molecular flexibility index (Phi) is 7.09. The molecular formula is C28H23Cl2F3N6O3S. The molecule has 0 aliphatic carbocycles. The van der Waals surface area contributed by atoms with Crippen molar-refractivity contribution in [2.45, 2.75) is 38.7 Å². The van der Waals surface area contributed by atoms with Gasteiger partial charge in [0.15, 0.2) is 5.69 Å². The van der Waals surface area contributed by atoms with Crippen LogP contribution in [-0.2, 0) is 13.6 Å². The number of benzene rings is 1. The molecule has 1 amide bonds. The number of hydrogen-bond donors (Lipinski definition) is 0. The van der Waals surface area contributed by atoms with E-state index in [0.29, 0.717) is 31.7 Å². The average Bonchev–Trinajstić information content (AvgIpc) is 3.68. The van der Waals surface area contributed by atoms with Crippen LogP contribution in [0.1, 0.15) is 47.0 Å². The first kappa shape index (κ1) is 29.3. The van der Waals surface area contributed by atoms with E-state index in [4.69, 9.17) is 32.9 Å². The first-order valence-electron chi connectivity index (χ1n) is 13.0. The van der Waals surface area contributed by atoms with E-state index < -0.39 is 30.2 Å². The van der Waals surface area contributed by atoms with Gasteiger partial charge in [0.2, 0.25) is 0 Å². The molecule has 5 aromatic rings. The SMILES string of the molecule is COc1cc2c(cnn2CC(F)(F)F)cc1-c1nc2c(n1C(C)C)[C@@H](c1ccc(Cl)s1)N(c1cc(Cl)cn(C)c1=O)C2=O. The first-order valence-corrected chi connectivity index (χ1v) is 14.5. The van der Waals surface area contributed by atoms with E-state index in [1.807, 2.05) is 18.4 Å². The van der Waals surface area contributed by atoms with Crippen molar-refractivity contribution in [3.8, 4) is 17.1 Å². The predicted octanol–water partition coefficient (Wildman–Crippen LogP) is 6.87. The summed E-state index contributed by atoms with van der Waals surface area (Å²) in [6.07, 6.45) is -1.66. The van der Waals surface area contributed by atoms with Crippen molar-refractivity contribution in [2.75, 3.05) is 12.0 Å². The molecule has 1 atom stereocenters. The number of pyridine rings is 1. The van der Waals surface area contributed by atoms with Gasteiger partial charge in [0.25, 0.3) is 11.5 Å². The number of thiophene rings is 1. The van der Waals surface area contributed by atoms with E-state index in [-0.39, 0.29) is 33.7 Å². The second-order valence-corrected chi connectivity index (χ2v) is 12.5. The maximum absolute atomic E-state index is 14.2. The summed E-state index contributed by atoms with van der Waals surface area (Å²) in [4.78, 5) is 34.3. The lowest BCUT2D eigenvalue weighted by atomic mass is 10.1. The lowest BCUT2D eigenvalue weighted by Gasteiger charge is -2.27. The number of carbonyl (C=O) groups is 1. The van der Waals surface area contributed by atoms with E-state index in [1.165, 1.54) is 52.4 Å². The zero-order valence-corrected chi connectivity index (χ0v) is 25.4. The molecule has 15 heteroatoms. The normalized spacial score (nSPS) is 15.3. The van der Waals surface area contributed by atoms with Crippen molar-refractivity contribution in [2.24, 2.45) is 7.05 Å². The van der Waals surface area contributed by atoms with Gasteiger partial charge in [0, 0.05) is 35.6 Å². The molecule has 0 spiro atoms. The van der Waals surface area contributed by atoms with Crippen molar-refractivity contribution in [3.63, 3.8) is 0 Å². The van der Waals surface area contributed by atoms with Gasteiger partial charge in [-0.15, -0.1) is 11.3 Å². The fraction of sp³-hybridized carbons (Fsp3) is 0.286. The number of amides is 1. The third-order valence-electron chi connectivity index (χ3n) is 7.19. The number of nitrogens with zero attached hydrogens (tertiary/aromatic N) is 6. The van der Waals surface area contributed by atoms with Crippen LogP contribution in [0.25, 0.3) is 22.3 Å². The molecule has 0 saturated carbocycles. The van der Waals surface area contributed by atoms with Gasteiger partial charge in [-0.3, -0.25) is 19.2 Å². The number of carbonyl (C=O) groups excluding carboxylic acids is 1. The highest BCUT2D eigenvalue weighted by molar-refractivity contribution is 7.16. The third kappa shape index (κ3) is 4.88. The lowest BCUT2D eigenvalue weighted by Crippen LogP contribution is -2.35. The Morgan fingerprint density at radius 3 is 2.51 bits per heavy atom. The number of hydrogen-bond acceptors (Lipinski definition) is 6. The molecule has 5 heterocycles. The summed E-state index contributed by atoms with van der Waals surface area (Å²) >= 11 is 13.9. The summed E-state index contributed by atoms with van der Waals surface area (Å²) in [6, 6.07) is 7.08. The number of fused-ring (bicyclic) bond motifs is 2. The minimum atomic E-state index is -4.46. The van der Waals surface area contributed by atoms with Crippen molar-refractivity contribution in [1.82, 2.24) is 23.9 Å². The van der Waals surface area contributed by atoms with Gasteiger partial charge in [0.05, 0.1) is 39.4 Å². The van der Waals surface area contributed by atoms with E-state index in [0.717, 1.165) is 4.68 Å². The van der Waals surface area contributed by atoms with Crippen molar-refractivity contribution in [1.29, 1.82) is 0 Å². The number of imidazole rings is 1. The largest absolute Gasteiger partial charge is 0.496 e. The Bertz CT molecular complexity index is 1980. The smallest absolute Gasteiger partial charge is 0.408 e. The van der Waals surface area contributed by atoms with Gasteiger partial charge < -0.3 is 13.9 Å².